The number of rotatable bonds is 2. The fourth-order valence-electron chi connectivity index (χ4n) is 1.97. The summed E-state index contributed by atoms with van der Waals surface area (Å²) in [5, 5.41) is 7.33. The highest BCUT2D eigenvalue weighted by atomic mass is 32.3. The zero-order valence-electron chi connectivity index (χ0n) is 12.3. The molecule has 1 aliphatic heterocycles. The topological polar surface area (TPSA) is 93.0 Å². The minimum Gasteiger partial charge on any atom is -0.226 e. The third-order valence-corrected chi connectivity index (χ3v) is 10.3. The van der Waals surface area contributed by atoms with Gasteiger partial charge in [0.25, 0.3) is 0 Å². The van der Waals surface area contributed by atoms with E-state index in [4.69, 9.17) is 0 Å². The lowest BCUT2D eigenvalue weighted by molar-refractivity contribution is 0.510. The van der Waals surface area contributed by atoms with Crippen LogP contribution in [0.5, 0.6) is 0 Å². The van der Waals surface area contributed by atoms with Gasteiger partial charge < -0.3 is 0 Å². The molecule has 0 saturated heterocycles. The van der Waals surface area contributed by atoms with Crippen LogP contribution in [0, 0.1) is 0 Å². The van der Waals surface area contributed by atoms with E-state index in [-0.39, 0.29) is 13.1 Å². The van der Waals surface area contributed by atoms with E-state index >= 15 is 0 Å². The number of azo groups is 1. The third kappa shape index (κ3) is 2.12. The van der Waals surface area contributed by atoms with Crippen molar-refractivity contribution in [2.75, 3.05) is 13.1 Å². The fraction of sp³-hybridized carbons (Fsp3) is 1.00. The van der Waals surface area contributed by atoms with E-state index in [0.29, 0.717) is 0 Å². The lowest BCUT2D eigenvalue weighted by Crippen LogP contribution is -2.60. The zero-order chi connectivity index (χ0) is 15.3. The van der Waals surface area contributed by atoms with Crippen molar-refractivity contribution in [3.8, 4) is 0 Å². The van der Waals surface area contributed by atoms with Gasteiger partial charge >= 0.3 is 0 Å². The van der Waals surface area contributed by atoms with Crippen molar-refractivity contribution in [2.45, 2.75) is 55.1 Å². The molecule has 6 nitrogen and oxygen atoms in total. The molecule has 1 heterocycles. The van der Waals surface area contributed by atoms with E-state index in [1.807, 2.05) is 0 Å². The van der Waals surface area contributed by atoms with Crippen LogP contribution in [0.3, 0.4) is 0 Å². The van der Waals surface area contributed by atoms with E-state index in [9.17, 15) is 16.8 Å². The highest BCUT2D eigenvalue weighted by Gasteiger charge is 2.63. The van der Waals surface area contributed by atoms with E-state index in [1.165, 1.54) is 41.5 Å². The normalized spacial score (nSPS) is 20.7. The Balaban J connectivity index is 3.64. The molecule has 19 heavy (non-hydrogen) atoms. The third-order valence-electron chi connectivity index (χ3n) is 3.32. The van der Waals surface area contributed by atoms with Crippen LogP contribution in [-0.4, -0.2) is 43.5 Å². The Morgan fingerprint density at radius 2 is 1.00 bits per heavy atom. The van der Waals surface area contributed by atoms with Gasteiger partial charge in [-0.1, -0.05) is 0 Å². The van der Waals surface area contributed by atoms with E-state index in [1.54, 1.807) is 0 Å². The first-order valence-electron chi connectivity index (χ1n) is 6.02. The number of hydrogen-bond donors (Lipinski definition) is 0. The first-order valence-corrected chi connectivity index (χ1v) is 8.99. The Bertz CT molecular complexity index is 536. The van der Waals surface area contributed by atoms with Crippen LogP contribution >= 0.6 is 0 Å². The van der Waals surface area contributed by atoms with Gasteiger partial charge in [0.05, 0.1) is 22.6 Å². The molecule has 8 heteroatoms. The largest absolute Gasteiger partial charge is 0.226 e. The molecule has 0 aromatic heterocycles. The molecule has 0 unspecified atom stereocenters. The monoisotopic (exact) mass is 310 g/mol. The summed E-state index contributed by atoms with van der Waals surface area (Å²) in [6, 6.07) is 0. The van der Waals surface area contributed by atoms with E-state index in [0.717, 1.165) is 0 Å². The summed E-state index contributed by atoms with van der Waals surface area (Å²) in [7, 11) is -7.91. The van der Waals surface area contributed by atoms with Crippen molar-refractivity contribution >= 4 is 19.7 Å². The van der Waals surface area contributed by atoms with Gasteiger partial charge in [0.1, 0.15) is 0 Å². The Morgan fingerprint density at radius 3 is 1.21 bits per heavy atom. The number of nitrogens with zero attached hydrogens (tertiary/aromatic N) is 2. The second-order valence-electron chi connectivity index (χ2n) is 6.74. The van der Waals surface area contributed by atoms with Crippen LogP contribution in [0.25, 0.3) is 0 Å². The lowest BCUT2D eigenvalue weighted by atomic mass is 10.3. The lowest BCUT2D eigenvalue weighted by Gasteiger charge is -2.37. The van der Waals surface area contributed by atoms with Gasteiger partial charge in [0, 0.05) is 0 Å². The Morgan fingerprint density at radius 1 is 0.737 bits per heavy atom. The minimum atomic E-state index is -3.95. The second-order valence-corrected chi connectivity index (χ2v) is 13.0. The standard InChI is InChI=1S/C11H22N2O4S2/c1-9(2,3)18(14,15)11(7-12-13-8-11)19(16,17)10(4,5)6/h7-8H2,1-6H3. The maximum absolute atomic E-state index is 12.8. The zero-order valence-corrected chi connectivity index (χ0v) is 13.9. The van der Waals surface area contributed by atoms with Crippen molar-refractivity contribution < 1.29 is 16.8 Å². The van der Waals surface area contributed by atoms with Gasteiger partial charge in [0.2, 0.25) is 4.08 Å². The van der Waals surface area contributed by atoms with Gasteiger partial charge in [-0.15, -0.1) is 0 Å². The Hall–Kier alpha value is -0.500. The van der Waals surface area contributed by atoms with E-state index in [2.05, 4.69) is 10.2 Å². The van der Waals surface area contributed by atoms with Gasteiger partial charge in [-0.05, 0) is 41.5 Å². The molecule has 0 fully saturated rings. The van der Waals surface area contributed by atoms with Crippen LogP contribution in [0.2, 0.25) is 0 Å². The van der Waals surface area contributed by atoms with Crippen molar-refractivity contribution in [1.82, 2.24) is 0 Å². The first-order chi connectivity index (χ1) is 8.21. The van der Waals surface area contributed by atoms with Crippen LogP contribution in [-0.2, 0) is 19.7 Å². The summed E-state index contributed by atoms with van der Waals surface area (Å²) in [6.07, 6.45) is 0. The van der Waals surface area contributed by atoms with Gasteiger partial charge in [-0.3, -0.25) is 0 Å². The molecule has 112 valence electrons. The van der Waals surface area contributed by atoms with Crippen molar-refractivity contribution in [3.63, 3.8) is 0 Å². The summed E-state index contributed by atoms with van der Waals surface area (Å²) >= 11 is 0. The molecule has 0 saturated carbocycles. The Labute approximate surface area is 115 Å². The SMILES string of the molecule is CC(C)(C)S(=O)(=O)C1(S(=O)(=O)C(C)(C)C)CN=NC1. The predicted octanol–water partition coefficient (Wildman–Crippen LogP) is 1.58. The fourth-order valence-corrected chi connectivity index (χ4v) is 7.76. The molecule has 1 aliphatic rings. The molecule has 0 aromatic rings. The average molecular weight is 310 g/mol. The van der Waals surface area contributed by atoms with Gasteiger partial charge in [0.15, 0.2) is 19.7 Å². The quantitative estimate of drug-likeness (QED) is 0.774. The molecular formula is C11H22N2O4S2. The summed E-state index contributed by atoms with van der Waals surface area (Å²) in [5.41, 5.74) is 0. The summed E-state index contributed by atoms with van der Waals surface area (Å²) in [4.78, 5) is 0. The molecule has 1 rings (SSSR count). The molecule has 0 spiro atoms. The summed E-state index contributed by atoms with van der Waals surface area (Å²) < 4.78 is 46.8. The maximum Gasteiger partial charge on any atom is 0.216 e. The molecule has 0 bridgehead atoms. The highest BCUT2D eigenvalue weighted by molar-refractivity contribution is 8.11. The van der Waals surface area contributed by atoms with Crippen LogP contribution < -0.4 is 0 Å². The Kier molecular flexibility index (Phi) is 3.70. The summed E-state index contributed by atoms with van der Waals surface area (Å²) in [6.45, 7) is 8.38. The molecule has 0 N–H and O–H groups in total. The molecule has 0 radical (unpaired) electrons. The molecule has 0 aliphatic carbocycles. The summed E-state index contributed by atoms with van der Waals surface area (Å²) in [5.74, 6) is 0. The molecule has 0 aromatic carbocycles. The number of sulfone groups is 2. The van der Waals surface area contributed by atoms with Crippen LogP contribution in [0.4, 0.5) is 0 Å². The smallest absolute Gasteiger partial charge is 0.216 e. The van der Waals surface area contributed by atoms with E-state index < -0.39 is 33.2 Å². The maximum atomic E-state index is 12.8. The number of hydrogen-bond acceptors (Lipinski definition) is 6. The second kappa shape index (κ2) is 4.25. The van der Waals surface area contributed by atoms with Gasteiger partial charge in [-0.25, -0.2) is 16.8 Å². The molecular weight excluding hydrogens is 288 g/mol. The highest BCUT2D eigenvalue weighted by Crippen LogP contribution is 2.42. The van der Waals surface area contributed by atoms with Crippen LogP contribution in [0.1, 0.15) is 41.5 Å². The first kappa shape index (κ1) is 16.6. The minimum absolute atomic E-state index is 0.313. The van der Waals surface area contributed by atoms with Crippen molar-refractivity contribution in [1.29, 1.82) is 0 Å². The van der Waals surface area contributed by atoms with Crippen LogP contribution in [0.15, 0.2) is 10.2 Å². The molecule has 0 amide bonds. The van der Waals surface area contributed by atoms with Gasteiger partial charge in [-0.2, -0.15) is 10.2 Å². The van der Waals surface area contributed by atoms with Crippen molar-refractivity contribution in [2.24, 2.45) is 10.2 Å². The van der Waals surface area contributed by atoms with Crippen molar-refractivity contribution in [3.05, 3.63) is 0 Å². The predicted molar refractivity (Wildman–Crippen MR) is 74.7 cm³/mol. The molecule has 0 atom stereocenters. The average Bonchev–Trinajstić information content (AvgIpc) is 2.63.